The van der Waals surface area contributed by atoms with Crippen LogP contribution in [0.5, 0.6) is 0 Å². The second kappa shape index (κ2) is 7.54. The van der Waals surface area contributed by atoms with Crippen molar-refractivity contribution in [2.24, 2.45) is 5.73 Å². The highest BCUT2D eigenvalue weighted by Crippen LogP contribution is 2.19. The van der Waals surface area contributed by atoms with Gasteiger partial charge in [-0.15, -0.1) is 0 Å². The molecule has 0 aromatic heterocycles. The highest BCUT2D eigenvalue weighted by Gasteiger charge is 2.17. The zero-order chi connectivity index (χ0) is 11.9. The number of thioether (sulfide) groups is 1. The Morgan fingerprint density at radius 2 is 2.31 bits per heavy atom. The van der Waals surface area contributed by atoms with E-state index >= 15 is 0 Å². The first kappa shape index (κ1) is 14.3. The third-order valence-corrected chi connectivity index (χ3v) is 4.21. The van der Waals surface area contributed by atoms with E-state index in [9.17, 15) is 5.11 Å². The summed E-state index contributed by atoms with van der Waals surface area (Å²) in [5.74, 6) is 2.30. The van der Waals surface area contributed by atoms with E-state index in [4.69, 9.17) is 10.5 Å². The van der Waals surface area contributed by atoms with Gasteiger partial charge in [-0.05, 0) is 44.8 Å². The molecule has 0 radical (unpaired) electrons. The van der Waals surface area contributed by atoms with E-state index < -0.39 is 5.60 Å². The summed E-state index contributed by atoms with van der Waals surface area (Å²) in [6, 6.07) is 0. The molecule has 96 valence electrons. The summed E-state index contributed by atoms with van der Waals surface area (Å²) in [7, 11) is 0. The van der Waals surface area contributed by atoms with Crippen molar-refractivity contribution in [2.75, 3.05) is 24.7 Å². The average molecular weight is 247 g/mol. The van der Waals surface area contributed by atoms with Gasteiger partial charge >= 0.3 is 0 Å². The van der Waals surface area contributed by atoms with Crippen molar-refractivity contribution in [3.05, 3.63) is 0 Å². The summed E-state index contributed by atoms with van der Waals surface area (Å²) in [6.07, 6.45) is 5.98. The highest BCUT2D eigenvalue weighted by atomic mass is 32.2. The van der Waals surface area contributed by atoms with Gasteiger partial charge in [-0.2, -0.15) is 11.8 Å². The second-order valence-corrected chi connectivity index (χ2v) is 6.02. The fraction of sp³-hybridized carbons (Fsp3) is 1.00. The number of nitrogens with two attached hydrogens (primary N) is 1. The van der Waals surface area contributed by atoms with Gasteiger partial charge < -0.3 is 15.6 Å². The monoisotopic (exact) mass is 247 g/mol. The molecular weight excluding hydrogens is 222 g/mol. The Morgan fingerprint density at radius 3 is 2.94 bits per heavy atom. The lowest BCUT2D eigenvalue weighted by molar-refractivity contribution is 0.0577. The molecule has 1 rings (SSSR count). The Balaban J connectivity index is 1.88. The first-order valence-electron chi connectivity index (χ1n) is 6.26. The SMILES string of the molecule is CC(O)(CN)CCCCSCC1CCCO1. The average Bonchev–Trinajstić information content (AvgIpc) is 2.76. The molecule has 1 heterocycles. The number of unbranched alkanes of at least 4 members (excludes halogenated alkanes) is 1. The molecule has 0 aliphatic carbocycles. The molecule has 1 aliphatic heterocycles. The number of hydrogen-bond acceptors (Lipinski definition) is 4. The van der Waals surface area contributed by atoms with Crippen LogP contribution in [0, 0.1) is 0 Å². The van der Waals surface area contributed by atoms with Crippen molar-refractivity contribution in [2.45, 2.75) is 50.7 Å². The summed E-state index contributed by atoms with van der Waals surface area (Å²) in [5, 5.41) is 9.70. The zero-order valence-corrected chi connectivity index (χ0v) is 11.1. The molecular formula is C12H25NO2S. The number of aliphatic hydroxyl groups is 1. The number of ether oxygens (including phenoxy) is 1. The van der Waals surface area contributed by atoms with Gasteiger partial charge in [0.15, 0.2) is 0 Å². The van der Waals surface area contributed by atoms with Crippen LogP contribution in [0.4, 0.5) is 0 Å². The van der Waals surface area contributed by atoms with Crippen LogP contribution in [-0.4, -0.2) is 41.5 Å². The van der Waals surface area contributed by atoms with Gasteiger partial charge in [0.25, 0.3) is 0 Å². The summed E-state index contributed by atoms with van der Waals surface area (Å²) in [6.45, 7) is 3.12. The number of hydrogen-bond donors (Lipinski definition) is 2. The van der Waals surface area contributed by atoms with E-state index in [-0.39, 0.29) is 0 Å². The first-order chi connectivity index (χ1) is 7.64. The maximum Gasteiger partial charge on any atom is 0.0741 e. The molecule has 2 unspecified atom stereocenters. The zero-order valence-electron chi connectivity index (χ0n) is 10.3. The van der Waals surface area contributed by atoms with Crippen LogP contribution in [0.1, 0.15) is 39.0 Å². The minimum atomic E-state index is -0.667. The summed E-state index contributed by atoms with van der Waals surface area (Å²) in [4.78, 5) is 0. The lowest BCUT2D eigenvalue weighted by atomic mass is 10.00. The van der Waals surface area contributed by atoms with Gasteiger partial charge in [-0.25, -0.2) is 0 Å². The molecule has 1 aliphatic rings. The standard InChI is InChI=1S/C12H25NO2S/c1-12(14,10-13)6-2-3-8-16-9-11-5-4-7-15-11/h11,14H,2-10,13H2,1H3. The molecule has 0 bridgehead atoms. The van der Waals surface area contributed by atoms with Crippen LogP contribution in [0.25, 0.3) is 0 Å². The summed E-state index contributed by atoms with van der Waals surface area (Å²) < 4.78 is 5.55. The van der Waals surface area contributed by atoms with Crippen LogP contribution in [0.2, 0.25) is 0 Å². The minimum Gasteiger partial charge on any atom is -0.389 e. The largest absolute Gasteiger partial charge is 0.389 e. The number of rotatable bonds is 8. The van der Waals surface area contributed by atoms with E-state index in [1.54, 1.807) is 0 Å². The normalized spacial score (nSPS) is 24.6. The van der Waals surface area contributed by atoms with E-state index in [1.807, 2.05) is 18.7 Å². The van der Waals surface area contributed by atoms with Gasteiger partial charge in [0, 0.05) is 18.9 Å². The van der Waals surface area contributed by atoms with E-state index in [1.165, 1.54) is 18.6 Å². The first-order valence-corrected chi connectivity index (χ1v) is 7.41. The summed E-state index contributed by atoms with van der Waals surface area (Å²) >= 11 is 1.97. The Morgan fingerprint density at radius 1 is 1.50 bits per heavy atom. The van der Waals surface area contributed by atoms with Crippen molar-refractivity contribution >= 4 is 11.8 Å². The fourth-order valence-corrected chi connectivity index (χ4v) is 2.90. The molecule has 0 saturated carbocycles. The third-order valence-electron chi connectivity index (χ3n) is 3.02. The van der Waals surface area contributed by atoms with Crippen LogP contribution in [0.15, 0.2) is 0 Å². The van der Waals surface area contributed by atoms with Gasteiger partial charge in [-0.3, -0.25) is 0 Å². The highest BCUT2D eigenvalue weighted by molar-refractivity contribution is 7.99. The molecule has 1 fully saturated rings. The van der Waals surface area contributed by atoms with E-state index in [2.05, 4.69) is 0 Å². The fourth-order valence-electron chi connectivity index (χ4n) is 1.80. The Kier molecular flexibility index (Phi) is 6.73. The van der Waals surface area contributed by atoms with Crippen molar-refractivity contribution < 1.29 is 9.84 Å². The van der Waals surface area contributed by atoms with Crippen LogP contribution in [0.3, 0.4) is 0 Å². The van der Waals surface area contributed by atoms with Gasteiger partial charge in [0.05, 0.1) is 11.7 Å². The topological polar surface area (TPSA) is 55.5 Å². The van der Waals surface area contributed by atoms with Crippen LogP contribution >= 0.6 is 11.8 Å². The minimum absolute atomic E-state index is 0.357. The molecule has 4 heteroatoms. The molecule has 3 N–H and O–H groups in total. The Labute approximate surface area is 103 Å². The molecule has 2 atom stereocenters. The lowest BCUT2D eigenvalue weighted by Gasteiger charge is -2.20. The van der Waals surface area contributed by atoms with Gasteiger partial charge in [-0.1, -0.05) is 0 Å². The molecule has 0 spiro atoms. The molecule has 1 saturated heterocycles. The predicted octanol–water partition coefficient (Wildman–Crippen LogP) is 1.78. The quantitative estimate of drug-likeness (QED) is 0.642. The molecule has 0 aromatic rings. The Hall–Kier alpha value is 0.230. The van der Waals surface area contributed by atoms with Crippen LogP contribution < -0.4 is 5.73 Å². The smallest absolute Gasteiger partial charge is 0.0741 e. The molecule has 3 nitrogen and oxygen atoms in total. The van der Waals surface area contributed by atoms with Gasteiger partial charge in [0.2, 0.25) is 0 Å². The maximum absolute atomic E-state index is 9.70. The van der Waals surface area contributed by atoms with Gasteiger partial charge in [0.1, 0.15) is 0 Å². The van der Waals surface area contributed by atoms with Crippen LogP contribution in [-0.2, 0) is 4.74 Å². The lowest BCUT2D eigenvalue weighted by Crippen LogP contribution is -2.33. The molecule has 0 amide bonds. The van der Waals surface area contributed by atoms with Crippen molar-refractivity contribution in [3.63, 3.8) is 0 Å². The van der Waals surface area contributed by atoms with E-state index in [0.717, 1.165) is 31.6 Å². The van der Waals surface area contributed by atoms with Crippen molar-refractivity contribution in [1.29, 1.82) is 0 Å². The van der Waals surface area contributed by atoms with E-state index in [0.29, 0.717) is 12.6 Å². The third kappa shape index (κ3) is 6.09. The van der Waals surface area contributed by atoms with Crippen molar-refractivity contribution in [3.8, 4) is 0 Å². The molecule has 16 heavy (non-hydrogen) atoms. The maximum atomic E-state index is 9.70. The Bertz CT molecular complexity index is 182. The summed E-state index contributed by atoms with van der Waals surface area (Å²) in [5.41, 5.74) is 4.79. The second-order valence-electron chi connectivity index (χ2n) is 4.87. The van der Waals surface area contributed by atoms with Crippen molar-refractivity contribution in [1.82, 2.24) is 0 Å². The molecule has 0 aromatic carbocycles. The predicted molar refractivity (Wildman–Crippen MR) is 69.8 cm³/mol.